The zero-order valence-corrected chi connectivity index (χ0v) is 21.4. The molecular formula is C30H38N4S. The van der Waals surface area contributed by atoms with Crippen LogP contribution in [0.5, 0.6) is 0 Å². The molecule has 2 heterocycles. The van der Waals surface area contributed by atoms with E-state index in [-0.39, 0.29) is 0 Å². The van der Waals surface area contributed by atoms with Crippen LogP contribution in [0.2, 0.25) is 0 Å². The third-order valence-electron chi connectivity index (χ3n) is 6.61. The normalized spacial score (nSPS) is 13.0. The first kappa shape index (κ1) is 25.3. The van der Waals surface area contributed by atoms with E-state index in [0.717, 1.165) is 25.7 Å². The van der Waals surface area contributed by atoms with Gasteiger partial charge in [-0.05, 0) is 75.3 Å². The summed E-state index contributed by atoms with van der Waals surface area (Å²) >= 11 is 2.23. The molecule has 4 rings (SSSR count). The van der Waals surface area contributed by atoms with Crippen LogP contribution in [0.1, 0.15) is 61.0 Å². The molecule has 0 amide bonds. The molecule has 4 aromatic rings. The summed E-state index contributed by atoms with van der Waals surface area (Å²) in [7, 11) is 0. The number of aryl methyl sites for hydroxylation is 4. The van der Waals surface area contributed by atoms with E-state index in [1.54, 1.807) is 12.7 Å². The van der Waals surface area contributed by atoms with E-state index < -0.39 is 0 Å². The van der Waals surface area contributed by atoms with Crippen LogP contribution in [0.15, 0.2) is 85.7 Å². The van der Waals surface area contributed by atoms with Crippen molar-refractivity contribution in [3.8, 4) is 0 Å². The maximum absolute atomic E-state index is 4.47. The van der Waals surface area contributed by atoms with E-state index >= 15 is 0 Å². The fourth-order valence-corrected chi connectivity index (χ4v) is 6.32. The Morgan fingerprint density at radius 1 is 0.571 bits per heavy atom. The van der Waals surface area contributed by atoms with Gasteiger partial charge in [0.1, 0.15) is 0 Å². The second-order valence-corrected chi connectivity index (χ2v) is 10.9. The maximum Gasteiger partial charge on any atom is 0.0923 e. The van der Waals surface area contributed by atoms with Gasteiger partial charge in [0, 0.05) is 22.9 Å². The third-order valence-corrected chi connectivity index (χ3v) is 8.32. The number of hydrogen-bond acceptors (Lipinski definition) is 3. The molecule has 2 aromatic heterocycles. The Bertz CT molecular complexity index is 947. The Kier molecular flexibility index (Phi) is 10.5. The Morgan fingerprint density at radius 2 is 1.03 bits per heavy atom. The summed E-state index contributed by atoms with van der Waals surface area (Å²) in [4.78, 5) is 15.2. The van der Waals surface area contributed by atoms with Crippen LogP contribution in [-0.4, -0.2) is 30.4 Å². The number of aromatic amines is 2. The lowest BCUT2D eigenvalue weighted by Gasteiger charge is -2.24. The minimum Gasteiger partial charge on any atom is -0.351 e. The number of hydrogen-bond donors (Lipinski definition) is 2. The minimum absolute atomic E-state index is 0.649. The van der Waals surface area contributed by atoms with Gasteiger partial charge in [-0.25, -0.2) is 9.97 Å². The van der Waals surface area contributed by atoms with E-state index in [2.05, 4.69) is 92.4 Å². The molecule has 0 aliphatic heterocycles. The second-order valence-electron chi connectivity index (χ2n) is 9.33. The third kappa shape index (κ3) is 9.41. The smallest absolute Gasteiger partial charge is 0.0923 e. The Hall–Kier alpha value is -2.79. The van der Waals surface area contributed by atoms with E-state index in [9.17, 15) is 0 Å². The topological polar surface area (TPSA) is 57.4 Å². The monoisotopic (exact) mass is 486 g/mol. The van der Waals surface area contributed by atoms with Gasteiger partial charge >= 0.3 is 0 Å². The lowest BCUT2D eigenvalue weighted by molar-refractivity contribution is 0.623. The average molecular weight is 487 g/mol. The molecule has 2 N–H and O–H groups in total. The summed E-state index contributed by atoms with van der Waals surface area (Å²) in [5, 5.41) is 1.30. The van der Waals surface area contributed by atoms with Crippen molar-refractivity contribution in [3.63, 3.8) is 0 Å². The first-order valence-corrected chi connectivity index (χ1v) is 14.0. The fourth-order valence-electron chi connectivity index (χ4n) is 4.66. The Morgan fingerprint density at radius 3 is 1.43 bits per heavy atom. The summed E-state index contributed by atoms with van der Waals surface area (Å²) < 4.78 is 0. The molecule has 0 aliphatic rings. The molecule has 0 aliphatic carbocycles. The Balaban J connectivity index is 1.34. The molecule has 5 heteroatoms. The number of aromatic nitrogens is 4. The number of benzene rings is 2. The van der Waals surface area contributed by atoms with E-state index in [4.69, 9.17) is 0 Å². The van der Waals surface area contributed by atoms with Crippen LogP contribution in [0.4, 0.5) is 0 Å². The standard InChI is InChI=1S/C30H38N4S/c1-3-9-25(10-4-1)13-7-15-29(19-17-27-21-31-23-33-27)35-30(20-18-28-22-32-24-34-28)16-8-14-26-11-5-2-6-12-26/h1-6,9-12,21-24,29-30H,7-8,13-20H2,(H,31,33)(H,32,34). The molecule has 2 aromatic carbocycles. The summed E-state index contributed by atoms with van der Waals surface area (Å²) in [6.07, 6.45) is 19.4. The molecular weight excluding hydrogens is 448 g/mol. The molecule has 2 atom stereocenters. The van der Waals surface area contributed by atoms with E-state index in [1.807, 2.05) is 12.4 Å². The number of imidazole rings is 2. The van der Waals surface area contributed by atoms with E-state index in [1.165, 1.54) is 61.0 Å². The first-order chi connectivity index (χ1) is 17.3. The molecule has 0 bridgehead atoms. The fraction of sp³-hybridized carbons (Fsp3) is 0.400. The lowest BCUT2D eigenvalue weighted by Crippen LogP contribution is -2.14. The van der Waals surface area contributed by atoms with Gasteiger partial charge < -0.3 is 9.97 Å². The van der Waals surface area contributed by atoms with Crippen molar-refractivity contribution in [2.45, 2.75) is 74.7 Å². The van der Waals surface area contributed by atoms with E-state index in [0.29, 0.717) is 10.5 Å². The van der Waals surface area contributed by atoms with Crippen molar-refractivity contribution < 1.29 is 0 Å². The highest BCUT2D eigenvalue weighted by atomic mass is 32.2. The van der Waals surface area contributed by atoms with Gasteiger partial charge in [-0.3, -0.25) is 0 Å². The largest absolute Gasteiger partial charge is 0.351 e. The molecule has 4 nitrogen and oxygen atoms in total. The zero-order valence-electron chi connectivity index (χ0n) is 20.6. The quantitative estimate of drug-likeness (QED) is 0.176. The summed E-state index contributed by atoms with van der Waals surface area (Å²) in [5.74, 6) is 0. The molecule has 0 fully saturated rings. The highest BCUT2D eigenvalue weighted by Gasteiger charge is 2.18. The maximum atomic E-state index is 4.47. The number of thioether (sulfide) groups is 1. The van der Waals surface area contributed by atoms with Gasteiger partial charge in [-0.15, -0.1) is 0 Å². The van der Waals surface area contributed by atoms with Crippen molar-refractivity contribution >= 4 is 11.8 Å². The average Bonchev–Trinajstić information content (AvgIpc) is 3.61. The predicted molar refractivity (Wildman–Crippen MR) is 148 cm³/mol. The van der Waals surface area contributed by atoms with Crippen LogP contribution >= 0.6 is 11.8 Å². The van der Waals surface area contributed by atoms with Gasteiger partial charge in [-0.1, -0.05) is 60.7 Å². The number of H-pyrrole nitrogens is 2. The highest BCUT2D eigenvalue weighted by molar-refractivity contribution is 8.00. The Labute approximate surface area is 214 Å². The number of nitrogens with zero attached hydrogens (tertiary/aromatic N) is 2. The van der Waals surface area contributed by atoms with Crippen LogP contribution in [0.25, 0.3) is 0 Å². The van der Waals surface area contributed by atoms with Crippen molar-refractivity contribution in [2.75, 3.05) is 0 Å². The van der Waals surface area contributed by atoms with Crippen LogP contribution in [0.3, 0.4) is 0 Å². The second kappa shape index (κ2) is 14.6. The number of rotatable bonds is 16. The van der Waals surface area contributed by atoms with Crippen molar-refractivity contribution in [1.29, 1.82) is 0 Å². The van der Waals surface area contributed by atoms with Crippen molar-refractivity contribution in [3.05, 3.63) is 108 Å². The van der Waals surface area contributed by atoms with Crippen LogP contribution in [0, 0.1) is 0 Å². The molecule has 0 radical (unpaired) electrons. The summed E-state index contributed by atoms with van der Waals surface area (Å²) in [6.45, 7) is 0. The van der Waals surface area contributed by atoms with Gasteiger partial charge in [0.2, 0.25) is 0 Å². The molecule has 0 spiro atoms. The summed E-state index contributed by atoms with van der Waals surface area (Å²) in [6, 6.07) is 21.8. The molecule has 35 heavy (non-hydrogen) atoms. The number of nitrogens with one attached hydrogen (secondary N) is 2. The zero-order chi connectivity index (χ0) is 24.0. The minimum atomic E-state index is 0.649. The first-order valence-electron chi connectivity index (χ1n) is 13.0. The summed E-state index contributed by atoms with van der Waals surface area (Å²) in [5.41, 5.74) is 5.25. The van der Waals surface area contributed by atoms with Crippen LogP contribution < -0.4 is 0 Å². The predicted octanol–water partition coefficient (Wildman–Crippen LogP) is 7.21. The molecule has 0 saturated heterocycles. The van der Waals surface area contributed by atoms with Crippen molar-refractivity contribution in [1.82, 2.24) is 19.9 Å². The van der Waals surface area contributed by atoms with Crippen molar-refractivity contribution in [2.24, 2.45) is 0 Å². The van der Waals surface area contributed by atoms with Gasteiger partial charge in [-0.2, -0.15) is 11.8 Å². The molecule has 184 valence electrons. The highest BCUT2D eigenvalue weighted by Crippen LogP contribution is 2.32. The van der Waals surface area contributed by atoms with Gasteiger partial charge in [0.05, 0.1) is 24.0 Å². The lowest BCUT2D eigenvalue weighted by atomic mass is 10.0. The van der Waals surface area contributed by atoms with Gasteiger partial charge in [0.25, 0.3) is 0 Å². The molecule has 0 saturated carbocycles. The van der Waals surface area contributed by atoms with Gasteiger partial charge in [0.15, 0.2) is 0 Å². The van der Waals surface area contributed by atoms with Crippen LogP contribution in [-0.2, 0) is 25.7 Å². The molecule has 2 unspecified atom stereocenters. The SMILES string of the molecule is c1ccc(CCCC(CCc2c[nH]cn2)SC(CCCc2ccccc2)CCc2c[nH]cn2)cc1.